The number of allylic oxidation sites excluding steroid dienone is 1. The van der Waals surface area contributed by atoms with Crippen LogP contribution in [0.4, 0.5) is 0 Å². The second-order valence-electron chi connectivity index (χ2n) is 19.7. The van der Waals surface area contributed by atoms with Crippen LogP contribution in [0.1, 0.15) is 183 Å². The molecule has 3 N–H and O–H groups in total. The van der Waals surface area contributed by atoms with Crippen LogP contribution in [0.3, 0.4) is 0 Å². The Bertz CT molecular complexity index is 1250. The van der Waals surface area contributed by atoms with Crippen LogP contribution < -0.4 is 0 Å². The van der Waals surface area contributed by atoms with E-state index in [0.29, 0.717) is 42.3 Å². The van der Waals surface area contributed by atoms with E-state index < -0.39 is 30.7 Å². The number of fused-ring (bicyclic) bond motifs is 5. The summed E-state index contributed by atoms with van der Waals surface area (Å²) >= 11 is 0. The lowest BCUT2D eigenvalue weighted by Gasteiger charge is -2.58. The molecule has 0 spiro atoms. The molecular weight excluding hydrogens is 693 g/mol. The summed E-state index contributed by atoms with van der Waals surface area (Å²) in [6.07, 6.45) is 19.4. The molecule has 8 heteroatoms. The Balaban J connectivity index is 1.09. The second-order valence-corrected chi connectivity index (χ2v) is 19.7. The number of hydrogen-bond acceptors (Lipinski definition) is 8. The van der Waals surface area contributed by atoms with Crippen LogP contribution in [0.2, 0.25) is 0 Å². The van der Waals surface area contributed by atoms with Crippen molar-refractivity contribution in [1.82, 2.24) is 0 Å². The van der Waals surface area contributed by atoms with E-state index in [-0.39, 0.29) is 35.4 Å². The van der Waals surface area contributed by atoms with Gasteiger partial charge in [-0.15, -0.1) is 0 Å². The molecule has 1 heterocycles. The zero-order valence-electron chi connectivity index (χ0n) is 35.7. The lowest BCUT2D eigenvalue weighted by molar-refractivity contribution is -0.313. The fourth-order valence-corrected chi connectivity index (χ4v) is 12.0. The molecule has 316 valence electrons. The molecule has 3 saturated carbocycles. The van der Waals surface area contributed by atoms with Gasteiger partial charge in [0.25, 0.3) is 0 Å². The summed E-state index contributed by atoms with van der Waals surface area (Å²) in [5, 5.41) is 32.3. The van der Waals surface area contributed by atoms with E-state index in [1.165, 1.54) is 83.5 Å². The van der Waals surface area contributed by atoms with E-state index in [9.17, 15) is 24.9 Å². The third kappa shape index (κ3) is 10.8. The standard InChI is InChI=1S/C47H80O8/c1-7-8-9-10-11-12-13-14-15-16-17-21-40(49)53-30-39-42(50)43(51)44(52)45(55-39)54-34-24-26-46(5)33(28-34)29-38(48)41-36-23-22-35(32(4)20-18-19-31(2)3)47(36,6)27-25-37(41)46/h29,31-32,34-37,39,41-45,50-52H,7-28,30H2,1-6H3/t32-,34+,35-,36+,37+,39-,41+,42+,43+,44+,45+,46+,47-/m1/s1. The first-order chi connectivity index (χ1) is 26.3. The Morgan fingerprint density at radius 3 is 2.16 bits per heavy atom. The fourth-order valence-electron chi connectivity index (χ4n) is 12.0. The van der Waals surface area contributed by atoms with Gasteiger partial charge in [-0.1, -0.05) is 131 Å². The number of carbonyl (C=O) groups is 2. The molecule has 5 aliphatic rings. The number of hydrogen-bond donors (Lipinski definition) is 3. The van der Waals surface area contributed by atoms with Crippen LogP contribution in [-0.4, -0.2) is 70.5 Å². The Morgan fingerprint density at radius 1 is 0.818 bits per heavy atom. The number of rotatable bonds is 21. The molecule has 0 unspecified atom stereocenters. The first kappa shape index (κ1) is 44.8. The van der Waals surface area contributed by atoms with Gasteiger partial charge in [0, 0.05) is 12.3 Å². The third-order valence-electron chi connectivity index (χ3n) is 15.5. The van der Waals surface area contributed by atoms with Crippen molar-refractivity contribution in [2.75, 3.05) is 6.61 Å². The largest absolute Gasteiger partial charge is 0.463 e. The molecular formula is C47H80O8. The Kier molecular flexibility index (Phi) is 16.8. The van der Waals surface area contributed by atoms with E-state index >= 15 is 0 Å². The van der Waals surface area contributed by atoms with E-state index in [0.717, 1.165) is 56.4 Å². The van der Waals surface area contributed by atoms with Crippen LogP contribution in [0.15, 0.2) is 11.6 Å². The Labute approximate surface area is 334 Å². The van der Waals surface area contributed by atoms with E-state index in [1.807, 2.05) is 6.08 Å². The summed E-state index contributed by atoms with van der Waals surface area (Å²) in [5.41, 5.74) is 1.31. The minimum Gasteiger partial charge on any atom is -0.463 e. The Hall–Kier alpha value is -1.32. The molecule has 13 atom stereocenters. The minimum absolute atomic E-state index is 0.0624. The maximum atomic E-state index is 14.1. The summed E-state index contributed by atoms with van der Waals surface area (Å²) in [6.45, 7) is 14.0. The van der Waals surface area contributed by atoms with Gasteiger partial charge in [-0.25, -0.2) is 0 Å². The number of unbranched alkanes of at least 4 members (excludes halogenated alkanes) is 10. The molecule has 4 fully saturated rings. The van der Waals surface area contributed by atoms with Gasteiger partial charge in [-0.05, 0) is 97.9 Å². The lowest BCUT2D eigenvalue weighted by atomic mass is 9.46. The van der Waals surface area contributed by atoms with E-state index in [4.69, 9.17) is 14.2 Å². The molecule has 4 aliphatic carbocycles. The van der Waals surface area contributed by atoms with Crippen molar-refractivity contribution < 1.29 is 39.1 Å². The maximum Gasteiger partial charge on any atom is 0.305 e. The quantitative estimate of drug-likeness (QED) is 0.0779. The van der Waals surface area contributed by atoms with Gasteiger partial charge in [-0.3, -0.25) is 9.59 Å². The molecule has 8 nitrogen and oxygen atoms in total. The normalized spacial score (nSPS) is 37.9. The highest BCUT2D eigenvalue weighted by atomic mass is 16.7. The summed E-state index contributed by atoms with van der Waals surface area (Å²) in [5.74, 6) is 2.96. The Morgan fingerprint density at radius 2 is 1.49 bits per heavy atom. The van der Waals surface area contributed by atoms with Crippen molar-refractivity contribution in [3.63, 3.8) is 0 Å². The molecule has 55 heavy (non-hydrogen) atoms. The predicted octanol–water partition coefficient (Wildman–Crippen LogP) is 9.64. The van der Waals surface area contributed by atoms with E-state index in [1.54, 1.807) is 0 Å². The molecule has 0 radical (unpaired) electrons. The minimum atomic E-state index is -1.50. The van der Waals surface area contributed by atoms with Gasteiger partial charge in [0.2, 0.25) is 0 Å². The summed E-state index contributed by atoms with van der Waals surface area (Å²) < 4.78 is 17.8. The summed E-state index contributed by atoms with van der Waals surface area (Å²) in [4.78, 5) is 26.7. The maximum absolute atomic E-state index is 14.1. The topological polar surface area (TPSA) is 123 Å². The van der Waals surface area contributed by atoms with E-state index in [2.05, 4.69) is 41.5 Å². The molecule has 0 aromatic carbocycles. The number of esters is 1. The van der Waals surface area contributed by atoms with Crippen molar-refractivity contribution in [1.29, 1.82) is 0 Å². The van der Waals surface area contributed by atoms with Crippen LogP contribution in [0.25, 0.3) is 0 Å². The van der Waals surface area contributed by atoms with Gasteiger partial charge in [0.15, 0.2) is 12.1 Å². The first-order valence-electron chi connectivity index (χ1n) is 23.1. The average Bonchev–Trinajstić information content (AvgIpc) is 3.51. The highest BCUT2D eigenvalue weighted by molar-refractivity contribution is 5.94. The zero-order chi connectivity index (χ0) is 39.8. The molecule has 0 amide bonds. The van der Waals surface area contributed by atoms with Crippen molar-refractivity contribution in [3.8, 4) is 0 Å². The summed E-state index contributed by atoms with van der Waals surface area (Å²) in [7, 11) is 0. The third-order valence-corrected chi connectivity index (χ3v) is 15.5. The predicted molar refractivity (Wildman–Crippen MR) is 217 cm³/mol. The van der Waals surface area contributed by atoms with Crippen molar-refractivity contribution in [2.24, 2.45) is 46.3 Å². The molecule has 1 aliphatic heterocycles. The van der Waals surface area contributed by atoms with Gasteiger partial charge in [0.1, 0.15) is 31.0 Å². The van der Waals surface area contributed by atoms with Crippen molar-refractivity contribution in [3.05, 3.63) is 11.6 Å². The van der Waals surface area contributed by atoms with Crippen LogP contribution >= 0.6 is 0 Å². The van der Waals surface area contributed by atoms with Gasteiger partial charge < -0.3 is 29.5 Å². The number of ether oxygens (including phenoxy) is 3. The monoisotopic (exact) mass is 773 g/mol. The van der Waals surface area contributed by atoms with Crippen LogP contribution in [-0.2, 0) is 23.8 Å². The number of aliphatic hydroxyl groups is 3. The number of carbonyl (C=O) groups excluding carboxylic acids is 2. The van der Waals surface area contributed by atoms with Crippen LogP contribution in [0.5, 0.6) is 0 Å². The second kappa shape index (κ2) is 20.6. The van der Waals surface area contributed by atoms with Gasteiger partial charge in [0.05, 0.1) is 6.10 Å². The number of ketones is 1. The van der Waals surface area contributed by atoms with Crippen LogP contribution in [0, 0.1) is 46.3 Å². The van der Waals surface area contributed by atoms with Gasteiger partial charge in [-0.2, -0.15) is 0 Å². The highest BCUT2D eigenvalue weighted by Crippen LogP contribution is 2.67. The van der Waals surface area contributed by atoms with Crippen molar-refractivity contribution in [2.45, 2.75) is 220 Å². The smallest absolute Gasteiger partial charge is 0.305 e. The number of aliphatic hydroxyl groups excluding tert-OH is 3. The molecule has 1 saturated heterocycles. The lowest BCUT2D eigenvalue weighted by Crippen LogP contribution is -2.60. The SMILES string of the molecule is CCCCCCCCCCCCCC(=O)OC[C@H]1O[C@H](O[C@H]2CC[C@@]3(C)C(=CC(=O)[C@H]4[C@@H]5CC[C@H]([C@H](C)CCCC(C)C)[C@@]5(C)CC[C@@H]43)C2)[C@@H](O)[C@@H](O)[C@H]1O. The molecule has 0 aromatic rings. The summed E-state index contributed by atoms with van der Waals surface area (Å²) in [6, 6.07) is 0. The average molecular weight is 773 g/mol. The molecule has 0 bridgehead atoms. The first-order valence-corrected chi connectivity index (χ1v) is 23.1. The fraction of sp³-hybridized carbons (Fsp3) is 0.915. The zero-order valence-corrected chi connectivity index (χ0v) is 35.7. The molecule has 5 rings (SSSR count). The van der Waals surface area contributed by atoms with Crippen molar-refractivity contribution >= 4 is 11.8 Å². The molecule has 0 aromatic heterocycles. The van der Waals surface area contributed by atoms with Gasteiger partial charge >= 0.3 is 5.97 Å². The highest BCUT2D eigenvalue weighted by Gasteiger charge is 2.61.